The average Bonchev–Trinajstić information content (AvgIpc) is 2.77. The zero-order valence-corrected chi connectivity index (χ0v) is 19.7. The topological polar surface area (TPSA) is 56.5 Å². The molecule has 0 radical (unpaired) electrons. The van der Waals surface area contributed by atoms with Crippen LogP contribution in [0.15, 0.2) is 45.6 Å². The van der Waals surface area contributed by atoms with E-state index in [2.05, 4.69) is 20.8 Å². The fourth-order valence-electron chi connectivity index (χ4n) is 4.36. The summed E-state index contributed by atoms with van der Waals surface area (Å²) in [6, 6.07) is 11.6. The molecule has 4 nitrogen and oxygen atoms in total. The highest BCUT2D eigenvalue weighted by Gasteiger charge is 2.27. The Bertz CT molecular complexity index is 1200. The number of hydrogen-bond donors (Lipinski definition) is 0. The van der Waals surface area contributed by atoms with E-state index >= 15 is 0 Å². The lowest BCUT2D eigenvalue weighted by Crippen LogP contribution is -2.25. The molecule has 1 aliphatic rings. The molecule has 1 aliphatic carbocycles. The Morgan fingerprint density at radius 2 is 1.59 bits per heavy atom. The van der Waals surface area contributed by atoms with Crippen molar-refractivity contribution in [3.8, 4) is 17.1 Å². The minimum atomic E-state index is -0.326. The zero-order valence-electron chi connectivity index (χ0n) is 19.7. The van der Waals surface area contributed by atoms with Gasteiger partial charge in [0.25, 0.3) is 0 Å². The maximum Gasteiger partial charge on any atom is 0.314 e. The summed E-state index contributed by atoms with van der Waals surface area (Å²) in [5.41, 5.74) is 4.16. The van der Waals surface area contributed by atoms with Crippen LogP contribution in [0.5, 0.6) is 5.75 Å². The maximum absolute atomic E-state index is 13.5. The Morgan fingerprint density at radius 1 is 0.969 bits per heavy atom. The predicted molar refractivity (Wildman–Crippen MR) is 128 cm³/mol. The standard InChI is InChI=1S/C28H32O4/c1-17-15-22-23(16-18(17)2)31-25(19-11-13-21(14-12-19)28(3,4)5)26(24(22)29)32-27(30)20-9-7-6-8-10-20/h11-16,20H,6-10H2,1-5H3. The molecule has 0 amide bonds. The van der Waals surface area contributed by atoms with E-state index in [-0.39, 0.29) is 28.5 Å². The highest BCUT2D eigenvalue weighted by Crippen LogP contribution is 2.34. The molecule has 2 aromatic carbocycles. The predicted octanol–water partition coefficient (Wildman–Crippen LogP) is 6.86. The molecule has 0 aliphatic heterocycles. The molecule has 168 valence electrons. The molecule has 32 heavy (non-hydrogen) atoms. The van der Waals surface area contributed by atoms with Crippen molar-refractivity contribution in [1.82, 2.24) is 0 Å². The quantitative estimate of drug-likeness (QED) is 0.424. The number of benzene rings is 2. The average molecular weight is 433 g/mol. The first-order chi connectivity index (χ1) is 15.1. The molecule has 0 bridgehead atoms. The van der Waals surface area contributed by atoms with Gasteiger partial charge >= 0.3 is 5.97 Å². The maximum atomic E-state index is 13.5. The molecule has 4 rings (SSSR count). The Morgan fingerprint density at radius 3 is 2.22 bits per heavy atom. The van der Waals surface area contributed by atoms with Crippen molar-refractivity contribution in [3.05, 3.63) is 63.3 Å². The van der Waals surface area contributed by atoms with E-state index < -0.39 is 0 Å². The molecule has 1 aromatic heterocycles. The molecule has 1 heterocycles. The normalized spacial score (nSPS) is 15.2. The number of rotatable bonds is 3. The van der Waals surface area contributed by atoms with Crippen molar-refractivity contribution in [2.24, 2.45) is 5.92 Å². The summed E-state index contributed by atoms with van der Waals surface area (Å²) in [4.78, 5) is 26.4. The molecule has 4 heteroatoms. The lowest BCUT2D eigenvalue weighted by Gasteiger charge is -2.21. The molecular weight excluding hydrogens is 400 g/mol. The van der Waals surface area contributed by atoms with Gasteiger partial charge in [-0.2, -0.15) is 0 Å². The van der Waals surface area contributed by atoms with Gasteiger partial charge < -0.3 is 9.15 Å². The van der Waals surface area contributed by atoms with Crippen molar-refractivity contribution in [2.45, 2.75) is 72.1 Å². The van der Waals surface area contributed by atoms with Crippen LogP contribution in [0.2, 0.25) is 0 Å². The van der Waals surface area contributed by atoms with Crippen molar-refractivity contribution < 1.29 is 13.9 Å². The Labute approximate surface area is 189 Å². The van der Waals surface area contributed by atoms with E-state index in [1.54, 1.807) is 0 Å². The summed E-state index contributed by atoms with van der Waals surface area (Å²) in [6.45, 7) is 10.4. The van der Waals surface area contributed by atoms with Crippen molar-refractivity contribution >= 4 is 16.9 Å². The summed E-state index contributed by atoms with van der Waals surface area (Å²) in [5, 5.41) is 0.439. The lowest BCUT2D eigenvalue weighted by atomic mass is 9.86. The van der Waals surface area contributed by atoms with Crippen LogP contribution in [0.3, 0.4) is 0 Å². The highest BCUT2D eigenvalue weighted by atomic mass is 16.5. The largest absolute Gasteiger partial charge is 0.452 e. The fourth-order valence-corrected chi connectivity index (χ4v) is 4.36. The van der Waals surface area contributed by atoms with Crippen LogP contribution in [0.1, 0.15) is 69.6 Å². The molecule has 0 spiro atoms. The van der Waals surface area contributed by atoms with E-state index in [0.29, 0.717) is 16.7 Å². The monoisotopic (exact) mass is 432 g/mol. The van der Waals surface area contributed by atoms with E-state index in [9.17, 15) is 9.59 Å². The van der Waals surface area contributed by atoms with Gasteiger partial charge in [0.15, 0.2) is 5.76 Å². The number of hydrogen-bond acceptors (Lipinski definition) is 4. The number of fused-ring (bicyclic) bond motifs is 1. The van der Waals surface area contributed by atoms with Gasteiger partial charge in [-0.05, 0) is 60.9 Å². The Balaban J connectivity index is 1.85. The molecular formula is C28H32O4. The van der Waals surface area contributed by atoms with Gasteiger partial charge in [-0.15, -0.1) is 0 Å². The summed E-state index contributed by atoms with van der Waals surface area (Å²) in [7, 11) is 0. The van der Waals surface area contributed by atoms with Crippen LogP contribution >= 0.6 is 0 Å². The van der Waals surface area contributed by atoms with E-state index in [1.165, 1.54) is 5.56 Å². The number of esters is 1. The van der Waals surface area contributed by atoms with Crippen LogP contribution in [-0.4, -0.2) is 5.97 Å². The number of aryl methyl sites for hydroxylation is 2. The van der Waals surface area contributed by atoms with E-state index in [4.69, 9.17) is 9.15 Å². The van der Waals surface area contributed by atoms with Crippen LogP contribution in [0, 0.1) is 19.8 Å². The smallest absolute Gasteiger partial charge is 0.314 e. The van der Waals surface area contributed by atoms with Gasteiger partial charge in [0.2, 0.25) is 11.2 Å². The number of carbonyl (C=O) groups is 1. The summed E-state index contributed by atoms with van der Waals surface area (Å²) >= 11 is 0. The van der Waals surface area contributed by atoms with Gasteiger partial charge in [0.1, 0.15) is 5.58 Å². The van der Waals surface area contributed by atoms with Gasteiger partial charge in [0.05, 0.1) is 11.3 Å². The molecule has 0 N–H and O–H groups in total. The first-order valence-electron chi connectivity index (χ1n) is 11.6. The third-order valence-corrected chi connectivity index (χ3v) is 6.62. The van der Waals surface area contributed by atoms with Crippen LogP contribution in [0.4, 0.5) is 0 Å². The van der Waals surface area contributed by atoms with Gasteiger partial charge in [0, 0.05) is 5.56 Å². The van der Waals surface area contributed by atoms with E-state index in [0.717, 1.165) is 48.8 Å². The van der Waals surface area contributed by atoms with Gasteiger partial charge in [-0.3, -0.25) is 9.59 Å². The summed E-state index contributed by atoms with van der Waals surface area (Å²) in [5.74, 6) is -0.169. The van der Waals surface area contributed by atoms with E-state index in [1.807, 2.05) is 50.2 Å². The second-order valence-electron chi connectivity index (χ2n) is 10.1. The third kappa shape index (κ3) is 4.36. The minimum Gasteiger partial charge on any atom is -0.452 e. The molecule has 0 atom stereocenters. The lowest BCUT2D eigenvalue weighted by molar-refractivity contribution is -0.140. The second-order valence-corrected chi connectivity index (χ2v) is 10.1. The van der Waals surface area contributed by atoms with Crippen molar-refractivity contribution in [3.63, 3.8) is 0 Å². The number of ether oxygens (including phenoxy) is 1. The highest BCUT2D eigenvalue weighted by molar-refractivity contribution is 5.85. The first kappa shape index (κ1) is 22.3. The Hall–Kier alpha value is -2.88. The summed E-state index contributed by atoms with van der Waals surface area (Å²) < 4.78 is 12.0. The van der Waals surface area contributed by atoms with Crippen molar-refractivity contribution in [2.75, 3.05) is 0 Å². The molecule has 0 unspecified atom stereocenters. The zero-order chi connectivity index (χ0) is 23.0. The van der Waals surface area contributed by atoms with Crippen LogP contribution < -0.4 is 10.2 Å². The molecule has 1 saturated carbocycles. The molecule has 1 fully saturated rings. The molecule has 3 aromatic rings. The van der Waals surface area contributed by atoms with Crippen molar-refractivity contribution in [1.29, 1.82) is 0 Å². The van der Waals surface area contributed by atoms with Gasteiger partial charge in [-0.1, -0.05) is 64.3 Å². The molecule has 0 saturated heterocycles. The minimum absolute atomic E-state index is 0.000153. The number of carbonyl (C=O) groups excluding carboxylic acids is 1. The van der Waals surface area contributed by atoms with Crippen LogP contribution in [0.25, 0.3) is 22.3 Å². The van der Waals surface area contributed by atoms with Gasteiger partial charge in [-0.25, -0.2) is 0 Å². The fraction of sp³-hybridized carbons (Fsp3) is 0.429. The summed E-state index contributed by atoms with van der Waals surface area (Å²) in [6.07, 6.45) is 4.81. The first-order valence-corrected chi connectivity index (χ1v) is 11.6. The third-order valence-electron chi connectivity index (χ3n) is 6.62. The SMILES string of the molecule is Cc1cc2oc(-c3ccc(C(C)(C)C)cc3)c(OC(=O)C3CCCCC3)c(=O)c2cc1C. The Kier molecular flexibility index (Phi) is 5.98. The van der Waals surface area contributed by atoms with Crippen LogP contribution in [-0.2, 0) is 10.2 Å². The second kappa shape index (κ2) is 8.57.